The maximum Gasteiger partial charge on any atom is 0.134 e. The molecule has 5 heteroatoms. The minimum Gasteiger partial charge on any atom is -0.488 e. The average Bonchev–Trinajstić information content (AvgIpc) is 2.83. The molecule has 2 aromatic rings. The molecule has 0 spiro atoms. The fourth-order valence-electron chi connectivity index (χ4n) is 1.70. The molecule has 1 aromatic heterocycles. The summed E-state index contributed by atoms with van der Waals surface area (Å²) in [4.78, 5) is 0. The predicted molar refractivity (Wildman–Crippen MR) is 84.2 cm³/mol. The second-order valence-electron chi connectivity index (χ2n) is 4.77. The summed E-state index contributed by atoms with van der Waals surface area (Å²) in [6.07, 6.45) is 1.69. The molecule has 0 radical (unpaired) electrons. The van der Waals surface area contributed by atoms with Gasteiger partial charge in [-0.05, 0) is 40.2 Å². The topological polar surface area (TPSA) is 34.4 Å². The summed E-state index contributed by atoms with van der Waals surface area (Å²) < 4.78 is 12.1. The molecule has 1 aromatic carbocycles. The quantitative estimate of drug-likeness (QED) is 0.807. The Bertz CT molecular complexity index is 569. The predicted octanol–water partition coefficient (Wildman–Crippen LogP) is 4.77. The van der Waals surface area contributed by atoms with Crippen LogP contribution in [0.4, 0.5) is 0 Å². The van der Waals surface area contributed by atoms with Crippen molar-refractivity contribution < 1.29 is 9.15 Å². The van der Waals surface area contributed by atoms with Gasteiger partial charge in [0.1, 0.15) is 18.1 Å². The van der Waals surface area contributed by atoms with Crippen LogP contribution in [0.5, 0.6) is 5.75 Å². The lowest BCUT2D eigenvalue weighted by molar-refractivity contribution is 0.299. The molecule has 2 rings (SSSR count). The van der Waals surface area contributed by atoms with E-state index in [1.165, 1.54) is 0 Å². The van der Waals surface area contributed by atoms with Crippen LogP contribution in [0.1, 0.15) is 25.2 Å². The zero-order valence-electron chi connectivity index (χ0n) is 11.5. The van der Waals surface area contributed by atoms with Crippen LogP contribution in [0.25, 0.3) is 0 Å². The molecule has 0 amide bonds. The van der Waals surface area contributed by atoms with Gasteiger partial charge in [-0.15, -0.1) is 0 Å². The highest BCUT2D eigenvalue weighted by atomic mass is 79.9. The van der Waals surface area contributed by atoms with Crippen LogP contribution in [0.3, 0.4) is 0 Å². The third-order valence-electron chi connectivity index (χ3n) is 2.79. The first-order valence-corrected chi connectivity index (χ1v) is 7.60. The first-order valence-electron chi connectivity index (χ1n) is 6.42. The van der Waals surface area contributed by atoms with Crippen LogP contribution in [0.2, 0.25) is 5.02 Å². The number of hydrogen-bond donors (Lipinski definition) is 1. The number of hydrogen-bond acceptors (Lipinski definition) is 3. The Kier molecular flexibility index (Phi) is 5.52. The normalized spacial score (nSPS) is 11.1. The highest BCUT2D eigenvalue weighted by Crippen LogP contribution is 2.29. The SMILES string of the molecule is CC(C)NCc1occc1COc1ccc(Cl)cc1Br. The number of halogens is 2. The molecule has 0 fully saturated rings. The lowest BCUT2D eigenvalue weighted by atomic mass is 10.2. The first-order chi connectivity index (χ1) is 9.56. The molecule has 0 atom stereocenters. The van der Waals surface area contributed by atoms with E-state index in [-0.39, 0.29) is 0 Å². The third kappa shape index (κ3) is 4.27. The zero-order chi connectivity index (χ0) is 14.5. The Labute approximate surface area is 132 Å². The summed E-state index contributed by atoms with van der Waals surface area (Å²) >= 11 is 9.34. The van der Waals surface area contributed by atoms with Crippen molar-refractivity contribution in [1.82, 2.24) is 5.32 Å². The van der Waals surface area contributed by atoms with Gasteiger partial charge in [-0.2, -0.15) is 0 Å². The lowest BCUT2D eigenvalue weighted by Gasteiger charge is -2.10. The van der Waals surface area contributed by atoms with Crippen molar-refractivity contribution in [2.45, 2.75) is 33.0 Å². The van der Waals surface area contributed by atoms with Gasteiger partial charge in [0.2, 0.25) is 0 Å². The first kappa shape index (κ1) is 15.4. The number of furan rings is 1. The molecule has 0 bridgehead atoms. The smallest absolute Gasteiger partial charge is 0.134 e. The van der Waals surface area contributed by atoms with Gasteiger partial charge in [0.05, 0.1) is 17.3 Å². The lowest BCUT2D eigenvalue weighted by Crippen LogP contribution is -2.22. The molecule has 0 saturated heterocycles. The van der Waals surface area contributed by atoms with Gasteiger partial charge < -0.3 is 14.5 Å². The number of benzene rings is 1. The summed E-state index contributed by atoms with van der Waals surface area (Å²) in [6, 6.07) is 7.81. The molecule has 1 N–H and O–H groups in total. The maximum absolute atomic E-state index is 5.90. The Morgan fingerprint density at radius 3 is 2.85 bits per heavy atom. The molecular weight excluding hydrogens is 342 g/mol. The molecule has 0 aliphatic rings. The highest BCUT2D eigenvalue weighted by Gasteiger charge is 2.09. The third-order valence-corrected chi connectivity index (χ3v) is 3.64. The average molecular weight is 359 g/mol. The van der Waals surface area contributed by atoms with Gasteiger partial charge in [-0.25, -0.2) is 0 Å². The van der Waals surface area contributed by atoms with Crippen molar-refractivity contribution in [3.05, 3.63) is 51.3 Å². The zero-order valence-corrected chi connectivity index (χ0v) is 13.8. The van der Waals surface area contributed by atoms with Gasteiger partial charge in [-0.1, -0.05) is 25.4 Å². The summed E-state index contributed by atoms with van der Waals surface area (Å²) in [5.74, 6) is 1.67. The van der Waals surface area contributed by atoms with Crippen molar-refractivity contribution in [1.29, 1.82) is 0 Å². The fraction of sp³-hybridized carbons (Fsp3) is 0.333. The van der Waals surface area contributed by atoms with Crippen molar-refractivity contribution >= 4 is 27.5 Å². The van der Waals surface area contributed by atoms with E-state index < -0.39 is 0 Å². The standard InChI is InChI=1S/C15H17BrClNO2/c1-10(2)18-8-15-11(5-6-19-15)9-20-14-4-3-12(17)7-13(14)16/h3-7,10,18H,8-9H2,1-2H3. The highest BCUT2D eigenvalue weighted by molar-refractivity contribution is 9.10. The minimum atomic E-state index is 0.416. The molecule has 108 valence electrons. The van der Waals surface area contributed by atoms with Crippen LogP contribution >= 0.6 is 27.5 Å². The van der Waals surface area contributed by atoms with E-state index in [0.29, 0.717) is 24.2 Å². The molecular formula is C15H17BrClNO2. The van der Waals surface area contributed by atoms with Crippen LogP contribution in [0.15, 0.2) is 39.4 Å². The molecule has 0 aliphatic heterocycles. The van der Waals surface area contributed by atoms with Crippen LogP contribution in [0, 0.1) is 0 Å². The van der Waals surface area contributed by atoms with Crippen LogP contribution in [-0.4, -0.2) is 6.04 Å². The van der Waals surface area contributed by atoms with E-state index >= 15 is 0 Å². The minimum absolute atomic E-state index is 0.416. The Morgan fingerprint density at radius 1 is 1.35 bits per heavy atom. The van der Waals surface area contributed by atoms with Crippen molar-refractivity contribution in [2.24, 2.45) is 0 Å². The summed E-state index contributed by atoms with van der Waals surface area (Å²) in [6.45, 7) is 5.37. The van der Waals surface area contributed by atoms with Gasteiger partial charge in [0.25, 0.3) is 0 Å². The van der Waals surface area contributed by atoms with Gasteiger partial charge in [-0.3, -0.25) is 0 Å². The van der Waals surface area contributed by atoms with E-state index in [9.17, 15) is 0 Å². The Morgan fingerprint density at radius 2 is 2.15 bits per heavy atom. The van der Waals surface area contributed by atoms with E-state index in [0.717, 1.165) is 21.5 Å². The van der Waals surface area contributed by atoms with Crippen molar-refractivity contribution in [2.75, 3.05) is 0 Å². The molecule has 0 unspecified atom stereocenters. The molecule has 0 aliphatic carbocycles. The van der Waals surface area contributed by atoms with Gasteiger partial charge in [0.15, 0.2) is 0 Å². The monoisotopic (exact) mass is 357 g/mol. The molecule has 1 heterocycles. The van der Waals surface area contributed by atoms with Crippen molar-refractivity contribution in [3.63, 3.8) is 0 Å². The van der Waals surface area contributed by atoms with Gasteiger partial charge >= 0.3 is 0 Å². The van der Waals surface area contributed by atoms with Gasteiger partial charge in [0, 0.05) is 16.6 Å². The maximum atomic E-state index is 5.90. The summed E-state index contributed by atoms with van der Waals surface area (Å²) in [5.41, 5.74) is 1.04. The molecule has 20 heavy (non-hydrogen) atoms. The fourth-order valence-corrected chi connectivity index (χ4v) is 2.49. The number of nitrogens with one attached hydrogen (secondary N) is 1. The van der Waals surface area contributed by atoms with E-state index in [1.54, 1.807) is 12.3 Å². The molecule has 3 nitrogen and oxygen atoms in total. The van der Waals surface area contributed by atoms with Crippen molar-refractivity contribution in [3.8, 4) is 5.75 Å². The second-order valence-corrected chi connectivity index (χ2v) is 6.06. The van der Waals surface area contributed by atoms with E-state index in [4.69, 9.17) is 20.8 Å². The number of ether oxygens (including phenoxy) is 1. The summed E-state index contributed by atoms with van der Waals surface area (Å²) in [5, 5.41) is 4.00. The Hall–Kier alpha value is -0.970. The Balaban J connectivity index is 1.98. The summed E-state index contributed by atoms with van der Waals surface area (Å²) in [7, 11) is 0. The number of rotatable bonds is 6. The molecule has 0 saturated carbocycles. The largest absolute Gasteiger partial charge is 0.488 e. The van der Waals surface area contributed by atoms with E-state index in [1.807, 2.05) is 18.2 Å². The van der Waals surface area contributed by atoms with Crippen LogP contribution in [-0.2, 0) is 13.2 Å². The second kappa shape index (κ2) is 7.16. The van der Waals surface area contributed by atoms with E-state index in [2.05, 4.69) is 35.1 Å². The van der Waals surface area contributed by atoms with Crippen LogP contribution < -0.4 is 10.1 Å².